The maximum absolute atomic E-state index is 12.3. The molecule has 6 heteroatoms. The van der Waals surface area contributed by atoms with E-state index in [4.69, 9.17) is 6.42 Å². The molecule has 1 aliphatic carbocycles. The number of hydrogen-bond donors (Lipinski definition) is 1. The first kappa shape index (κ1) is 18.7. The van der Waals surface area contributed by atoms with E-state index in [0.29, 0.717) is 12.5 Å². The summed E-state index contributed by atoms with van der Waals surface area (Å²) in [5, 5.41) is 3.24. The number of nitrogens with one attached hydrogen (secondary N) is 1. The van der Waals surface area contributed by atoms with Crippen LogP contribution in [0.15, 0.2) is 24.5 Å². The maximum Gasteiger partial charge on any atom is 0.234 e. The van der Waals surface area contributed by atoms with Crippen LogP contribution in [0, 0.1) is 24.2 Å². The van der Waals surface area contributed by atoms with Crippen molar-refractivity contribution in [3.05, 3.63) is 30.1 Å². The Balaban J connectivity index is 1.62. The molecule has 0 radical (unpaired) electrons. The molecule has 1 aromatic carbocycles. The molecule has 1 N–H and O–H groups in total. The van der Waals surface area contributed by atoms with E-state index in [0.717, 1.165) is 47.7 Å². The van der Waals surface area contributed by atoms with E-state index < -0.39 is 0 Å². The minimum atomic E-state index is 0.0822. The largest absolute Gasteiger partial charge is 0.367 e. The third kappa shape index (κ3) is 3.95. The van der Waals surface area contributed by atoms with Crippen LogP contribution in [0.5, 0.6) is 0 Å². The molecule has 4 rings (SSSR count). The van der Waals surface area contributed by atoms with Crippen LogP contribution in [0.4, 0.5) is 5.69 Å². The Kier molecular flexibility index (Phi) is 5.19. The molecule has 2 fully saturated rings. The average molecular weight is 377 g/mol. The number of fused-ring (bicyclic) bond motifs is 1. The van der Waals surface area contributed by atoms with Crippen molar-refractivity contribution >= 4 is 22.6 Å². The van der Waals surface area contributed by atoms with Gasteiger partial charge in [-0.05, 0) is 57.3 Å². The number of likely N-dealkylation sites (N-methyl/N-ethyl adjacent to an activating group) is 1. The van der Waals surface area contributed by atoms with Gasteiger partial charge in [-0.25, -0.2) is 0 Å². The van der Waals surface area contributed by atoms with Gasteiger partial charge in [0.15, 0.2) is 0 Å². The lowest BCUT2D eigenvalue weighted by atomic mass is 9.89. The van der Waals surface area contributed by atoms with E-state index in [1.54, 1.807) is 12.4 Å². The minimum Gasteiger partial charge on any atom is -0.367 e. The number of terminal acetylenes is 1. The van der Waals surface area contributed by atoms with Gasteiger partial charge in [-0.2, -0.15) is 0 Å². The van der Waals surface area contributed by atoms with Crippen LogP contribution in [0.1, 0.15) is 24.8 Å². The maximum atomic E-state index is 12.3. The van der Waals surface area contributed by atoms with Crippen molar-refractivity contribution in [3.63, 3.8) is 0 Å². The van der Waals surface area contributed by atoms with Crippen LogP contribution in [0.3, 0.4) is 0 Å². The fraction of sp³-hybridized carbons (Fsp3) is 0.500. The average Bonchev–Trinajstić information content (AvgIpc) is 3.51. The second kappa shape index (κ2) is 7.76. The predicted octanol–water partition coefficient (Wildman–Crippen LogP) is 1.89. The number of carbonyl (C=O) groups is 1. The molecule has 1 aromatic heterocycles. The van der Waals surface area contributed by atoms with Crippen LogP contribution in [0.2, 0.25) is 0 Å². The lowest BCUT2D eigenvalue weighted by molar-refractivity contribution is -0.122. The van der Waals surface area contributed by atoms with Gasteiger partial charge in [-0.3, -0.25) is 14.8 Å². The van der Waals surface area contributed by atoms with Gasteiger partial charge >= 0.3 is 0 Å². The Labute approximate surface area is 166 Å². The highest BCUT2D eigenvalue weighted by molar-refractivity contribution is 5.92. The summed E-state index contributed by atoms with van der Waals surface area (Å²) >= 11 is 0. The van der Waals surface area contributed by atoms with Crippen molar-refractivity contribution in [2.24, 2.45) is 11.8 Å². The molecule has 2 unspecified atom stereocenters. The van der Waals surface area contributed by atoms with Gasteiger partial charge in [0.25, 0.3) is 0 Å². The van der Waals surface area contributed by atoms with Crippen molar-refractivity contribution in [2.75, 3.05) is 38.6 Å². The van der Waals surface area contributed by atoms with E-state index in [2.05, 4.69) is 32.2 Å². The Bertz CT molecular complexity index is 915. The number of aromatic nitrogens is 2. The highest BCUT2D eigenvalue weighted by Crippen LogP contribution is 2.42. The lowest BCUT2D eigenvalue weighted by Crippen LogP contribution is -2.52. The zero-order valence-corrected chi connectivity index (χ0v) is 16.6. The Morgan fingerprint density at radius 3 is 2.64 bits per heavy atom. The van der Waals surface area contributed by atoms with Gasteiger partial charge in [0.05, 0.1) is 17.8 Å². The van der Waals surface area contributed by atoms with E-state index in [9.17, 15) is 4.79 Å². The summed E-state index contributed by atoms with van der Waals surface area (Å²) < 4.78 is 0. The Morgan fingerprint density at radius 2 is 1.96 bits per heavy atom. The summed E-state index contributed by atoms with van der Waals surface area (Å²) in [4.78, 5) is 25.7. The predicted molar refractivity (Wildman–Crippen MR) is 111 cm³/mol. The van der Waals surface area contributed by atoms with E-state index >= 15 is 0 Å². The number of benzene rings is 1. The number of hydrogen-bond acceptors (Lipinski definition) is 5. The number of rotatable bonds is 5. The first-order chi connectivity index (χ1) is 13.5. The van der Waals surface area contributed by atoms with Crippen molar-refractivity contribution in [1.29, 1.82) is 0 Å². The summed E-state index contributed by atoms with van der Waals surface area (Å²) in [6.07, 6.45) is 12.7. The molecule has 2 heterocycles. The third-order valence-electron chi connectivity index (χ3n) is 5.70. The van der Waals surface area contributed by atoms with Crippen LogP contribution < -0.4 is 10.2 Å². The molecule has 1 amide bonds. The second-order valence-electron chi connectivity index (χ2n) is 8.27. The number of nitrogens with zero attached hydrogens (tertiary/aromatic N) is 4. The molecule has 1 saturated heterocycles. The van der Waals surface area contributed by atoms with Crippen LogP contribution in [0.25, 0.3) is 11.0 Å². The summed E-state index contributed by atoms with van der Waals surface area (Å²) in [7, 11) is 3.83. The molecular formula is C22H27N5O. The van der Waals surface area contributed by atoms with Crippen LogP contribution >= 0.6 is 0 Å². The van der Waals surface area contributed by atoms with Crippen molar-refractivity contribution in [3.8, 4) is 12.3 Å². The fourth-order valence-corrected chi connectivity index (χ4v) is 4.32. The van der Waals surface area contributed by atoms with Gasteiger partial charge in [0, 0.05) is 31.5 Å². The van der Waals surface area contributed by atoms with Gasteiger partial charge in [-0.15, -0.1) is 6.42 Å². The van der Waals surface area contributed by atoms with Gasteiger partial charge in [0.2, 0.25) is 5.91 Å². The van der Waals surface area contributed by atoms with Gasteiger partial charge in [0.1, 0.15) is 11.0 Å². The van der Waals surface area contributed by atoms with Crippen molar-refractivity contribution in [1.82, 2.24) is 20.2 Å². The highest BCUT2D eigenvalue weighted by atomic mass is 16.2. The van der Waals surface area contributed by atoms with Crippen molar-refractivity contribution < 1.29 is 4.79 Å². The van der Waals surface area contributed by atoms with Crippen LogP contribution in [-0.2, 0) is 4.79 Å². The highest BCUT2D eigenvalue weighted by Gasteiger charge is 2.38. The lowest BCUT2D eigenvalue weighted by Gasteiger charge is -2.40. The quantitative estimate of drug-likeness (QED) is 0.807. The summed E-state index contributed by atoms with van der Waals surface area (Å²) in [5.41, 5.74) is 3.43. The molecule has 2 aromatic rings. The van der Waals surface area contributed by atoms with Gasteiger partial charge in [-0.1, -0.05) is 5.92 Å². The molecule has 1 saturated carbocycles. The zero-order chi connectivity index (χ0) is 19.7. The first-order valence-corrected chi connectivity index (χ1v) is 9.94. The SMILES string of the molecule is C#Cc1ccc(N2CC(NC(=O)CN(C)C)CC(C3CC3)C2)c2nccnc12. The van der Waals surface area contributed by atoms with Crippen molar-refractivity contribution in [2.45, 2.75) is 25.3 Å². The topological polar surface area (TPSA) is 61.4 Å². The zero-order valence-electron chi connectivity index (χ0n) is 16.6. The molecule has 0 bridgehead atoms. The number of carbonyl (C=O) groups excluding carboxylic acids is 1. The molecular weight excluding hydrogens is 350 g/mol. The van der Waals surface area contributed by atoms with Crippen LogP contribution in [-0.4, -0.2) is 60.5 Å². The molecule has 0 spiro atoms. The smallest absolute Gasteiger partial charge is 0.234 e. The molecule has 1 aliphatic heterocycles. The minimum absolute atomic E-state index is 0.0822. The molecule has 146 valence electrons. The fourth-order valence-electron chi connectivity index (χ4n) is 4.32. The number of anilines is 1. The number of amides is 1. The monoisotopic (exact) mass is 377 g/mol. The third-order valence-corrected chi connectivity index (χ3v) is 5.70. The standard InChI is InChI=1S/C22H27N5O/c1-4-15-7-8-19(22-21(15)23-9-10-24-22)27-12-17(16-5-6-16)11-18(13-27)25-20(28)14-26(2)3/h1,7-10,16-18H,5-6,11-14H2,2-3H3,(H,25,28). The Hall–Kier alpha value is -2.65. The molecule has 6 nitrogen and oxygen atoms in total. The van der Waals surface area contributed by atoms with Gasteiger partial charge < -0.3 is 15.1 Å². The molecule has 2 atom stereocenters. The normalized spacial score (nSPS) is 22.3. The van der Waals surface area contributed by atoms with E-state index in [1.807, 2.05) is 25.1 Å². The molecule has 2 aliphatic rings. The Morgan fingerprint density at radius 1 is 1.21 bits per heavy atom. The van der Waals surface area contributed by atoms with E-state index in [-0.39, 0.29) is 11.9 Å². The molecule has 28 heavy (non-hydrogen) atoms. The summed E-state index contributed by atoms with van der Waals surface area (Å²) in [6.45, 7) is 2.19. The number of piperidine rings is 1. The summed E-state index contributed by atoms with van der Waals surface area (Å²) in [6, 6.07) is 4.15. The first-order valence-electron chi connectivity index (χ1n) is 9.94. The van der Waals surface area contributed by atoms with E-state index in [1.165, 1.54) is 12.8 Å². The summed E-state index contributed by atoms with van der Waals surface area (Å²) in [5.74, 6) is 4.16. The second-order valence-corrected chi connectivity index (χ2v) is 8.27.